The molecule has 3 nitrogen and oxygen atoms in total. The van der Waals surface area contributed by atoms with Crippen LogP contribution in [0.1, 0.15) is 27.7 Å². The van der Waals surface area contributed by atoms with Gasteiger partial charge in [-0.25, -0.2) is 0 Å². The van der Waals surface area contributed by atoms with Crippen molar-refractivity contribution in [2.24, 2.45) is 0 Å². The Balaban J connectivity index is 1.59. The van der Waals surface area contributed by atoms with Gasteiger partial charge in [0.1, 0.15) is 12.4 Å². The number of benzene rings is 2. The summed E-state index contributed by atoms with van der Waals surface area (Å²) in [6.45, 7) is 2.54. The Labute approximate surface area is 166 Å². The maximum atomic E-state index is 12.4. The molecule has 0 radical (unpaired) electrons. The van der Waals surface area contributed by atoms with Crippen molar-refractivity contribution in [1.82, 2.24) is 0 Å². The Bertz CT molecular complexity index is 906. The number of hydrogen-bond donors (Lipinski definition) is 1. The van der Waals surface area contributed by atoms with Crippen LogP contribution in [0.15, 0.2) is 53.9 Å². The second kappa shape index (κ2) is 8.58. The molecule has 3 aromatic rings. The molecule has 0 unspecified atom stereocenters. The van der Waals surface area contributed by atoms with Gasteiger partial charge in [0.25, 0.3) is 5.91 Å². The fraction of sp³-hybridized carbons (Fsp3) is 0.150. The summed E-state index contributed by atoms with van der Waals surface area (Å²) in [5.74, 6) is 0.627. The molecular weight excluding hydrogens is 389 g/mol. The fourth-order valence-corrected chi connectivity index (χ4v) is 3.41. The van der Waals surface area contributed by atoms with Crippen molar-refractivity contribution in [3.63, 3.8) is 0 Å². The SMILES string of the molecule is CCc1ccc(OCc2csc(C(=O)Nc3ccc(Cl)c(Cl)c3)c2)cc1. The van der Waals surface area contributed by atoms with E-state index < -0.39 is 0 Å². The molecule has 2 aromatic carbocycles. The summed E-state index contributed by atoms with van der Waals surface area (Å²) in [6.07, 6.45) is 1.00. The standard InChI is InChI=1S/C20H17Cl2NO2S/c1-2-13-3-6-16(7-4-13)25-11-14-9-19(26-12-14)20(24)23-15-5-8-17(21)18(22)10-15/h3-10,12H,2,11H2,1H3,(H,23,24). The molecule has 1 heterocycles. The predicted octanol–water partition coefficient (Wildman–Crippen LogP) is 6.45. The van der Waals surface area contributed by atoms with Crippen LogP contribution >= 0.6 is 34.5 Å². The van der Waals surface area contributed by atoms with E-state index in [1.807, 2.05) is 23.6 Å². The molecule has 1 N–H and O–H groups in total. The Morgan fingerprint density at radius 3 is 2.50 bits per heavy atom. The molecule has 0 spiro atoms. The number of anilines is 1. The van der Waals surface area contributed by atoms with Gasteiger partial charge in [-0.15, -0.1) is 11.3 Å². The van der Waals surface area contributed by atoms with Crippen molar-refractivity contribution in [3.8, 4) is 5.75 Å². The third kappa shape index (κ3) is 4.79. The molecular formula is C20H17Cl2NO2S. The topological polar surface area (TPSA) is 38.3 Å². The van der Waals surface area contributed by atoms with E-state index in [2.05, 4.69) is 24.4 Å². The molecule has 0 aliphatic rings. The lowest BCUT2D eigenvalue weighted by atomic mass is 10.2. The number of amides is 1. The first-order valence-electron chi connectivity index (χ1n) is 8.10. The minimum absolute atomic E-state index is 0.188. The zero-order valence-electron chi connectivity index (χ0n) is 14.1. The first-order chi connectivity index (χ1) is 12.5. The first-order valence-corrected chi connectivity index (χ1v) is 9.74. The summed E-state index contributed by atoms with van der Waals surface area (Å²) < 4.78 is 5.77. The number of carbonyl (C=O) groups is 1. The molecule has 0 aliphatic heterocycles. The van der Waals surface area contributed by atoms with E-state index in [4.69, 9.17) is 27.9 Å². The lowest BCUT2D eigenvalue weighted by Crippen LogP contribution is -2.10. The van der Waals surface area contributed by atoms with E-state index in [0.717, 1.165) is 17.7 Å². The number of ether oxygens (including phenoxy) is 1. The number of halogens is 2. The smallest absolute Gasteiger partial charge is 0.265 e. The molecule has 134 valence electrons. The fourth-order valence-electron chi connectivity index (χ4n) is 2.32. The van der Waals surface area contributed by atoms with Gasteiger partial charge < -0.3 is 10.1 Å². The van der Waals surface area contributed by atoms with Gasteiger partial charge in [0, 0.05) is 11.3 Å². The zero-order valence-corrected chi connectivity index (χ0v) is 16.4. The van der Waals surface area contributed by atoms with E-state index >= 15 is 0 Å². The van der Waals surface area contributed by atoms with Gasteiger partial charge in [-0.3, -0.25) is 4.79 Å². The van der Waals surface area contributed by atoms with Gasteiger partial charge in [-0.1, -0.05) is 42.3 Å². The molecule has 26 heavy (non-hydrogen) atoms. The Kier molecular flexibility index (Phi) is 6.20. The van der Waals surface area contributed by atoms with Gasteiger partial charge in [0.05, 0.1) is 14.9 Å². The highest BCUT2D eigenvalue weighted by molar-refractivity contribution is 7.12. The van der Waals surface area contributed by atoms with Crippen molar-refractivity contribution >= 4 is 46.1 Å². The number of thiophene rings is 1. The van der Waals surface area contributed by atoms with Crippen LogP contribution in [-0.2, 0) is 13.0 Å². The molecule has 0 saturated carbocycles. The van der Waals surface area contributed by atoms with Gasteiger partial charge in [-0.2, -0.15) is 0 Å². The van der Waals surface area contributed by atoms with E-state index in [0.29, 0.717) is 27.2 Å². The number of rotatable bonds is 6. The summed E-state index contributed by atoms with van der Waals surface area (Å²) in [5, 5.41) is 5.59. The number of hydrogen-bond acceptors (Lipinski definition) is 3. The van der Waals surface area contributed by atoms with Crippen molar-refractivity contribution in [1.29, 1.82) is 0 Å². The van der Waals surface area contributed by atoms with Crippen LogP contribution in [-0.4, -0.2) is 5.91 Å². The van der Waals surface area contributed by atoms with Crippen LogP contribution in [0.5, 0.6) is 5.75 Å². The van der Waals surface area contributed by atoms with Gasteiger partial charge in [-0.05, 0) is 53.8 Å². The summed E-state index contributed by atoms with van der Waals surface area (Å²) in [7, 11) is 0. The number of carbonyl (C=O) groups excluding carboxylic acids is 1. The Morgan fingerprint density at radius 1 is 1.04 bits per heavy atom. The minimum atomic E-state index is -0.188. The maximum Gasteiger partial charge on any atom is 0.265 e. The molecule has 6 heteroatoms. The first kappa shape index (κ1) is 18.8. The number of aryl methyl sites for hydroxylation is 1. The predicted molar refractivity (Wildman–Crippen MR) is 109 cm³/mol. The highest BCUT2D eigenvalue weighted by Gasteiger charge is 2.11. The quantitative estimate of drug-likeness (QED) is 0.511. The normalized spacial score (nSPS) is 10.6. The van der Waals surface area contributed by atoms with Crippen LogP contribution in [0.4, 0.5) is 5.69 Å². The minimum Gasteiger partial charge on any atom is -0.489 e. The summed E-state index contributed by atoms with van der Waals surface area (Å²) in [5.41, 5.74) is 2.83. The Hall–Kier alpha value is -2.01. The average Bonchev–Trinajstić information content (AvgIpc) is 3.13. The average molecular weight is 406 g/mol. The second-order valence-electron chi connectivity index (χ2n) is 5.69. The van der Waals surface area contributed by atoms with Crippen LogP contribution in [0, 0.1) is 0 Å². The Morgan fingerprint density at radius 2 is 1.81 bits per heavy atom. The molecule has 1 amide bonds. The summed E-state index contributed by atoms with van der Waals surface area (Å²) >= 11 is 13.2. The third-order valence-electron chi connectivity index (χ3n) is 3.79. The van der Waals surface area contributed by atoms with Crippen molar-refractivity contribution < 1.29 is 9.53 Å². The van der Waals surface area contributed by atoms with Crippen LogP contribution in [0.2, 0.25) is 10.0 Å². The largest absolute Gasteiger partial charge is 0.489 e. The molecule has 0 saturated heterocycles. The second-order valence-corrected chi connectivity index (χ2v) is 7.41. The lowest BCUT2D eigenvalue weighted by Gasteiger charge is -2.06. The van der Waals surface area contributed by atoms with E-state index in [9.17, 15) is 4.79 Å². The summed E-state index contributed by atoms with van der Waals surface area (Å²) in [6, 6.07) is 14.8. The molecule has 0 aliphatic carbocycles. The molecule has 0 bridgehead atoms. The van der Waals surface area contributed by atoms with Crippen LogP contribution in [0.25, 0.3) is 0 Å². The van der Waals surface area contributed by atoms with E-state index in [1.165, 1.54) is 16.9 Å². The van der Waals surface area contributed by atoms with Crippen molar-refractivity contribution in [3.05, 3.63) is 80.0 Å². The highest BCUT2D eigenvalue weighted by atomic mass is 35.5. The zero-order chi connectivity index (χ0) is 18.5. The monoisotopic (exact) mass is 405 g/mol. The van der Waals surface area contributed by atoms with E-state index in [-0.39, 0.29) is 5.91 Å². The third-order valence-corrected chi connectivity index (χ3v) is 5.51. The highest BCUT2D eigenvalue weighted by Crippen LogP contribution is 2.26. The van der Waals surface area contributed by atoms with Crippen molar-refractivity contribution in [2.75, 3.05) is 5.32 Å². The molecule has 0 fully saturated rings. The van der Waals surface area contributed by atoms with Gasteiger partial charge in [0.2, 0.25) is 0 Å². The summed E-state index contributed by atoms with van der Waals surface area (Å²) in [4.78, 5) is 13.0. The lowest BCUT2D eigenvalue weighted by molar-refractivity contribution is 0.103. The molecule has 1 aromatic heterocycles. The van der Waals surface area contributed by atoms with E-state index in [1.54, 1.807) is 18.2 Å². The van der Waals surface area contributed by atoms with Crippen LogP contribution in [0.3, 0.4) is 0 Å². The molecule has 3 rings (SSSR count). The van der Waals surface area contributed by atoms with Gasteiger partial charge >= 0.3 is 0 Å². The maximum absolute atomic E-state index is 12.4. The van der Waals surface area contributed by atoms with Crippen LogP contribution < -0.4 is 10.1 Å². The van der Waals surface area contributed by atoms with Gasteiger partial charge in [0.15, 0.2) is 0 Å². The van der Waals surface area contributed by atoms with Crippen molar-refractivity contribution in [2.45, 2.75) is 20.0 Å². The number of nitrogens with one attached hydrogen (secondary N) is 1. The molecule has 0 atom stereocenters.